The average molecular weight is 281 g/mol. The summed E-state index contributed by atoms with van der Waals surface area (Å²) < 4.78 is 7.97. The Morgan fingerprint density at radius 1 is 1.19 bits per heavy atom. The van der Waals surface area contributed by atoms with Crippen LogP contribution in [0.3, 0.4) is 0 Å². The number of nitrogens with zero attached hydrogens (tertiary/aromatic N) is 2. The van der Waals surface area contributed by atoms with E-state index in [2.05, 4.69) is 40.6 Å². The number of aromatic nitrogens is 2. The van der Waals surface area contributed by atoms with E-state index < -0.39 is 0 Å². The predicted octanol–water partition coefficient (Wildman–Crippen LogP) is 2.87. The van der Waals surface area contributed by atoms with Crippen LogP contribution < -0.4 is 10.1 Å². The van der Waals surface area contributed by atoms with Gasteiger partial charge in [0.05, 0.1) is 0 Å². The van der Waals surface area contributed by atoms with Crippen molar-refractivity contribution in [3.8, 4) is 5.75 Å². The first-order chi connectivity index (χ1) is 10.3. The van der Waals surface area contributed by atoms with Crippen LogP contribution in [0.15, 0.2) is 48.8 Å². The zero-order chi connectivity index (χ0) is 14.7. The number of hydrogen-bond acceptors (Lipinski definition) is 3. The van der Waals surface area contributed by atoms with Crippen LogP contribution in [0, 0.1) is 0 Å². The lowest BCUT2D eigenvalue weighted by molar-refractivity contribution is 0.289. The molecular formula is C17H19N3O. The first-order valence-corrected chi connectivity index (χ1v) is 7.04. The largest absolute Gasteiger partial charge is 0.485 e. The highest BCUT2D eigenvalue weighted by Gasteiger charge is 2.09. The Morgan fingerprint density at radius 3 is 2.81 bits per heavy atom. The molecule has 0 saturated carbocycles. The Labute approximate surface area is 124 Å². The van der Waals surface area contributed by atoms with Gasteiger partial charge >= 0.3 is 0 Å². The molecule has 108 valence electrons. The number of fused-ring (bicyclic) bond motifs is 1. The van der Waals surface area contributed by atoms with E-state index >= 15 is 0 Å². The second-order valence-corrected chi connectivity index (χ2v) is 5.04. The molecular weight excluding hydrogens is 262 g/mol. The van der Waals surface area contributed by atoms with Crippen molar-refractivity contribution in [2.24, 2.45) is 7.05 Å². The average Bonchev–Trinajstić information content (AvgIpc) is 2.92. The van der Waals surface area contributed by atoms with Crippen LogP contribution in [0.4, 0.5) is 0 Å². The number of imidazole rings is 1. The van der Waals surface area contributed by atoms with Gasteiger partial charge in [0.1, 0.15) is 18.2 Å². The van der Waals surface area contributed by atoms with Crippen molar-refractivity contribution < 1.29 is 4.74 Å². The zero-order valence-electron chi connectivity index (χ0n) is 12.3. The molecule has 0 fully saturated rings. The van der Waals surface area contributed by atoms with Crippen molar-refractivity contribution in [3.63, 3.8) is 0 Å². The molecule has 21 heavy (non-hydrogen) atoms. The minimum absolute atomic E-state index is 0.471. The van der Waals surface area contributed by atoms with E-state index in [-0.39, 0.29) is 0 Å². The van der Waals surface area contributed by atoms with Gasteiger partial charge in [0, 0.05) is 31.5 Å². The molecule has 0 aliphatic carbocycles. The molecule has 4 heteroatoms. The molecule has 3 aromatic rings. The molecule has 0 bridgehead atoms. The summed E-state index contributed by atoms with van der Waals surface area (Å²) in [7, 11) is 3.92. The fourth-order valence-electron chi connectivity index (χ4n) is 2.49. The second kappa shape index (κ2) is 5.97. The van der Waals surface area contributed by atoms with Gasteiger partial charge in [-0.1, -0.05) is 30.3 Å². The van der Waals surface area contributed by atoms with Crippen molar-refractivity contribution in [1.29, 1.82) is 0 Å². The summed E-state index contributed by atoms with van der Waals surface area (Å²) >= 11 is 0. The summed E-state index contributed by atoms with van der Waals surface area (Å²) in [5.41, 5.74) is 1.19. The highest BCUT2D eigenvalue weighted by Crippen LogP contribution is 2.28. The molecule has 0 atom stereocenters. The molecule has 0 amide bonds. The van der Waals surface area contributed by atoms with Crippen LogP contribution in [0.2, 0.25) is 0 Å². The lowest BCUT2D eigenvalue weighted by Crippen LogP contribution is -2.09. The van der Waals surface area contributed by atoms with Gasteiger partial charge in [0.15, 0.2) is 0 Å². The lowest BCUT2D eigenvalue weighted by atomic mass is 10.0. The van der Waals surface area contributed by atoms with Crippen LogP contribution in [0.1, 0.15) is 11.4 Å². The van der Waals surface area contributed by atoms with Crippen LogP contribution >= 0.6 is 0 Å². The monoisotopic (exact) mass is 281 g/mol. The number of hydrogen-bond donors (Lipinski definition) is 1. The minimum atomic E-state index is 0.471. The quantitative estimate of drug-likeness (QED) is 0.781. The number of benzene rings is 2. The molecule has 0 unspecified atom stereocenters. The molecule has 0 saturated heterocycles. The Hall–Kier alpha value is -2.33. The molecule has 0 aliphatic rings. The molecule has 0 aliphatic heterocycles. The predicted molar refractivity (Wildman–Crippen MR) is 84.3 cm³/mol. The van der Waals surface area contributed by atoms with E-state index in [9.17, 15) is 0 Å². The lowest BCUT2D eigenvalue weighted by Gasteiger charge is -2.14. The van der Waals surface area contributed by atoms with Gasteiger partial charge in [-0.3, -0.25) is 0 Å². The molecule has 1 aromatic heterocycles. The summed E-state index contributed by atoms with van der Waals surface area (Å²) in [6.45, 7) is 1.25. The first kappa shape index (κ1) is 13.6. The molecule has 4 nitrogen and oxygen atoms in total. The summed E-state index contributed by atoms with van der Waals surface area (Å²) in [5.74, 6) is 1.82. The van der Waals surface area contributed by atoms with Crippen molar-refractivity contribution in [2.45, 2.75) is 13.2 Å². The minimum Gasteiger partial charge on any atom is -0.485 e. The number of ether oxygens (including phenoxy) is 1. The standard InChI is InChI=1S/C17H19N3O/c1-18-11-15-14-6-4-3-5-13(14)7-8-16(15)21-12-17-19-9-10-20(17)2/h3-10,18H,11-12H2,1-2H3. The van der Waals surface area contributed by atoms with E-state index in [0.29, 0.717) is 6.61 Å². The molecule has 0 spiro atoms. The van der Waals surface area contributed by atoms with Gasteiger partial charge in [-0.25, -0.2) is 4.98 Å². The van der Waals surface area contributed by atoms with Crippen molar-refractivity contribution in [3.05, 3.63) is 60.2 Å². The van der Waals surface area contributed by atoms with Crippen LogP contribution in [-0.4, -0.2) is 16.6 Å². The molecule has 3 rings (SSSR count). The number of nitrogens with one attached hydrogen (secondary N) is 1. The van der Waals surface area contributed by atoms with Gasteiger partial charge in [0.25, 0.3) is 0 Å². The van der Waals surface area contributed by atoms with Crippen molar-refractivity contribution in [1.82, 2.24) is 14.9 Å². The van der Waals surface area contributed by atoms with Gasteiger partial charge < -0.3 is 14.6 Å². The van der Waals surface area contributed by atoms with Crippen LogP contribution in [0.25, 0.3) is 10.8 Å². The number of aryl methyl sites for hydroxylation is 1. The van der Waals surface area contributed by atoms with Gasteiger partial charge in [0.2, 0.25) is 0 Å². The third-order valence-electron chi connectivity index (χ3n) is 3.63. The summed E-state index contributed by atoms with van der Waals surface area (Å²) in [6.07, 6.45) is 3.71. The molecule has 1 heterocycles. The Morgan fingerprint density at radius 2 is 2.05 bits per heavy atom. The van der Waals surface area contributed by atoms with Gasteiger partial charge in [-0.05, 0) is 23.9 Å². The summed E-state index contributed by atoms with van der Waals surface area (Å²) in [6, 6.07) is 12.5. The van der Waals surface area contributed by atoms with Crippen molar-refractivity contribution >= 4 is 10.8 Å². The fraction of sp³-hybridized carbons (Fsp3) is 0.235. The second-order valence-electron chi connectivity index (χ2n) is 5.04. The Bertz CT molecular complexity index is 749. The van der Waals surface area contributed by atoms with E-state index in [1.165, 1.54) is 16.3 Å². The first-order valence-electron chi connectivity index (χ1n) is 7.04. The smallest absolute Gasteiger partial charge is 0.146 e. The fourth-order valence-corrected chi connectivity index (χ4v) is 2.49. The van der Waals surface area contributed by atoms with Crippen LogP contribution in [-0.2, 0) is 20.2 Å². The maximum atomic E-state index is 6.00. The van der Waals surface area contributed by atoms with Crippen molar-refractivity contribution in [2.75, 3.05) is 7.05 Å². The maximum Gasteiger partial charge on any atom is 0.146 e. The Kier molecular flexibility index (Phi) is 3.88. The van der Waals surface area contributed by atoms with E-state index in [1.54, 1.807) is 6.20 Å². The number of rotatable bonds is 5. The molecule has 1 N–H and O–H groups in total. The van der Waals surface area contributed by atoms with E-state index in [0.717, 1.165) is 18.1 Å². The SMILES string of the molecule is CNCc1c(OCc2nccn2C)ccc2ccccc12. The third-order valence-corrected chi connectivity index (χ3v) is 3.63. The molecule has 0 radical (unpaired) electrons. The Balaban J connectivity index is 1.93. The highest BCUT2D eigenvalue weighted by atomic mass is 16.5. The maximum absolute atomic E-state index is 6.00. The molecule has 2 aromatic carbocycles. The summed E-state index contributed by atoms with van der Waals surface area (Å²) in [5, 5.41) is 5.68. The van der Waals surface area contributed by atoms with Gasteiger partial charge in [-0.2, -0.15) is 0 Å². The van der Waals surface area contributed by atoms with E-state index in [1.807, 2.05) is 30.9 Å². The third kappa shape index (κ3) is 2.76. The highest BCUT2D eigenvalue weighted by molar-refractivity contribution is 5.87. The van der Waals surface area contributed by atoms with Crippen LogP contribution in [0.5, 0.6) is 5.75 Å². The zero-order valence-corrected chi connectivity index (χ0v) is 12.3. The van der Waals surface area contributed by atoms with E-state index in [4.69, 9.17) is 4.74 Å². The normalized spacial score (nSPS) is 11.0. The topological polar surface area (TPSA) is 39.1 Å². The van der Waals surface area contributed by atoms with Gasteiger partial charge in [-0.15, -0.1) is 0 Å². The summed E-state index contributed by atoms with van der Waals surface area (Å²) in [4.78, 5) is 4.29.